The van der Waals surface area contributed by atoms with Gasteiger partial charge in [0.15, 0.2) is 0 Å². The van der Waals surface area contributed by atoms with Crippen LogP contribution in [0.25, 0.3) is 80.3 Å². The van der Waals surface area contributed by atoms with Crippen LogP contribution in [0.2, 0.25) is 0 Å². The van der Waals surface area contributed by atoms with E-state index >= 15 is 0 Å². The molecular weight excluding hydrogens is 549 g/mol. The zero-order valence-electron chi connectivity index (χ0n) is 24.5. The average Bonchev–Trinajstić information content (AvgIpc) is 3.47. The van der Waals surface area contributed by atoms with Crippen molar-refractivity contribution in [3.63, 3.8) is 0 Å². The lowest BCUT2D eigenvalue weighted by molar-refractivity contribution is 0.758. The van der Waals surface area contributed by atoms with Crippen molar-refractivity contribution in [2.75, 3.05) is 0 Å². The number of thiophene rings is 1. The molecule has 1 aliphatic rings. The van der Waals surface area contributed by atoms with Gasteiger partial charge in [-0.2, -0.15) is 0 Å². The highest BCUT2D eigenvalue weighted by Crippen LogP contribution is 2.43. The van der Waals surface area contributed by atoms with E-state index in [1.165, 1.54) is 85.9 Å². The summed E-state index contributed by atoms with van der Waals surface area (Å²) in [6.45, 7) is 2.35. The molecule has 9 rings (SSSR count). The second-order valence-corrected chi connectivity index (χ2v) is 13.2. The minimum Gasteiger partial charge on any atom is -0.135 e. The van der Waals surface area contributed by atoms with Crippen molar-refractivity contribution < 1.29 is 0 Å². The zero-order valence-corrected chi connectivity index (χ0v) is 25.4. The second kappa shape index (κ2) is 10.0. The lowest BCUT2D eigenvalue weighted by Gasteiger charge is -2.20. The summed E-state index contributed by atoms with van der Waals surface area (Å²) in [7, 11) is 0. The average molecular weight is 579 g/mol. The van der Waals surface area contributed by atoms with Crippen molar-refractivity contribution in [1.82, 2.24) is 0 Å². The summed E-state index contributed by atoms with van der Waals surface area (Å²) in [6.07, 6.45) is 7.90. The molecule has 1 unspecified atom stereocenters. The molecule has 0 saturated heterocycles. The summed E-state index contributed by atoms with van der Waals surface area (Å²) < 4.78 is 2.70. The topological polar surface area (TPSA) is 0 Å². The van der Waals surface area contributed by atoms with Crippen molar-refractivity contribution in [3.05, 3.63) is 151 Å². The van der Waals surface area contributed by atoms with Gasteiger partial charge in [0.25, 0.3) is 0 Å². The monoisotopic (exact) mass is 578 g/mol. The van der Waals surface area contributed by atoms with Gasteiger partial charge in [-0.3, -0.25) is 0 Å². The van der Waals surface area contributed by atoms with Gasteiger partial charge in [-0.25, -0.2) is 0 Å². The van der Waals surface area contributed by atoms with Gasteiger partial charge >= 0.3 is 0 Å². The first-order valence-electron chi connectivity index (χ1n) is 15.5. The van der Waals surface area contributed by atoms with Crippen molar-refractivity contribution in [3.8, 4) is 22.3 Å². The van der Waals surface area contributed by atoms with Crippen LogP contribution in [0.3, 0.4) is 0 Å². The van der Waals surface area contributed by atoms with Crippen LogP contribution >= 0.6 is 11.3 Å². The van der Waals surface area contributed by atoms with Crippen LogP contribution in [0.4, 0.5) is 0 Å². The van der Waals surface area contributed by atoms with Gasteiger partial charge in [-0.05, 0) is 108 Å². The molecule has 1 atom stereocenters. The minimum absolute atomic E-state index is 0.482. The van der Waals surface area contributed by atoms with Gasteiger partial charge in [0, 0.05) is 20.2 Å². The van der Waals surface area contributed by atoms with Gasteiger partial charge in [0.2, 0.25) is 0 Å². The highest BCUT2D eigenvalue weighted by Gasteiger charge is 2.18. The fourth-order valence-electron chi connectivity index (χ4n) is 7.30. The normalized spacial score (nSPS) is 15.1. The Bertz CT molecular complexity index is 2450. The molecule has 1 aliphatic carbocycles. The Kier molecular flexibility index (Phi) is 5.82. The van der Waals surface area contributed by atoms with Gasteiger partial charge in [-0.15, -0.1) is 11.3 Å². The molecule has 44 heavy (non-hydrogen) atoms. The van der Waals surface area contributed by atoms with Gasteiger partial charge in [0.05, 0.1) is 0 Å². The van der Waals surface area contributed by atoms with Gasteiger partial charge in [-0.1, -0.05) is 122 Å². The van der Waals surface area contributed by atoms with Crippen LogP contribution in [0.5, 0.6) is 0 Å². The van der Waals surface area contributed by atoms with Crippen LogP contribution in [0.15, 0.2) is 146 Å². The second-order valence-electron chi connectivity index (χ2n) is 12.1. The number of hydrogen-bond donors (Lipinski definition) is 0. The molecule has 1 heteroatoms. The van der Waals surface area contributed by atoms with Crippen molar-refractivity contribution in [1.29, 1.82) is 0 Å². The fourth-order valence-corrected chi connectivity index (χ4v) is 8.54. The molecule has 0 fully saturated rings. The van der Waals surface area contributed by atoms with Crippen molar-refractivity contribution >= 4 is 69.4 Å². The van der Waals surface area contributed by atoms with Crippen LogP contribution in [-0.4, -0.2) is 0 Å². The van der Waals surface area contributed by atoms with E-state index in [-0.39, 0.29) is 0 Å². The molecule has 1 aromatic heterocycles. The van der Waals surface area contributed by atoms with E-state index in [2.05, 4.69) is 153 Å². The van der Waals surface area contributed by atoms with Gasteiger partial charge in [0.1, 0.15) is 0 Å². The minimum atomic E-state index is 0.482. The first kappa shape index (κ1) is 25.5. The van der Waals surface area contributed by atoms with E-state index < -0.39 is 0 Å². The van der Waals surface area contributed by atoms with E-state index in [0.29, 0.717) is 5.92 Å². The van der Waals surface area contributed by atoms with Crippen LogP contribution < -0.4 is 0 Å². The highest BCUT2D eigenvalue weighted by molar-refractivity contribution is 7.26. The Hall–Kier alpha value is -4.98. The number of benzene rings is 7. The summed E-state index contributed by atoms with van der Waals surface area (Å²) in [4.78, 5) is 0. The smallest absolute Gasteiger partial charge is 0.0433 e. The Labute approximate surface area is 261 Å². The van der Waals surface area contributed by atoms with Crippen LogP contribution in [0, 0.1) is 5.92 Å². The summed E-state index contributed by atoms with van der Waals surface area (Å²) in [5.41, 5.74) is 7.83. The molecule has 0 radical (unpaired) electrons. The molecule has 0 aliphatic heterocycles. The molecule has 8 aromatic rings. The maximum Gasteiger partial charge on any atom is 0.0433 e. The lowest BCUT2D eigenvalue weighted by Crippen LogP contribution is -2.01. The molecule has 7 aromatic carbocycles. The molecule has 0 nitrogen and oxygen atoms in total. The van der Waals surface area contributed by atoms with E-state index in [9.17, 15) is 0 Å². The Morgan fingerprint density at radius 2 is 1.11 bits per heavy atom. The molecule has 0 saturated carbocycles. The molecular formula is C43H30S. The standard InChI is InChI=1S/C43H30S/c1-27-11-2-3-12-32(27)30-23-29(24-31(25-30)33-18-10-19-40-39-17-8-9-20-42(39)44-43(33)40)28-21-22-38-36-15-5-4-13-34(36)35-14-6-7-16-37(35)41(38)26-28/h2-10,12-27H,11H2,1H3. The Balaban J connectivity index is 1.32. The fraction of sp³-hybridized carbons (Fsp3) is 0.0698. The number of allylic oxidation sites excluding steroid dienone is 4. The van der Waals surface area contributed by atoms with Crippen molar-refractivity contribution in [2.45, 2.75) is 13.3 Å². The molecule has 1 heterocycles. The molecule has 208 valence electrons. The summed E-state index contributed by atoms with van der Waals surface area (Å²) in [5.74, 6) is 0.482. The summed E-state index contributed by atoms with van der Waals surface area (Å²) >= 11 is 1.91. The number of hydrogen-bond acceptors (Lipinski definition) is 1. The molecule has 0 amide bonds. The quantitative estimate of drug-likeness (QED) is 0.183. The first-order valence-corrected chi connectivity index (χ1v) is 16.3. The van der Waals surface area contributed by atoms with Crippen LogP contribution in [0.1, 0.15) is 18.9 Å². The predicted octanol–water partition coefficient (Wildman–Crippen LogP) is 12.8. The third kappa shape index (κ3) is 3.97. The van der Waals surface area contributed by atoms with Crippen molar-refractivity contribution in [2.24, 2.45) is 5.92 Å². The molecule has 0 N–H and O–H groups in total. The largest absolute Gasteiger partial charge is 0.135 e. The van der Waals surface area contributed by atoms with E-state index in [0.717, 1.165) is 6.42 Å². The van der Waals surface area contributed by atoms with Crippen LogP contribution in [-0.2, 0) is 0 Å². The SMILES string of the molecule is CC1CC=CC=C1c1cc(-c2ccc3c4ccccc4c4ccccc4c3c2)cc(-c2cccc3c2sc2ccccc23)c1. The van der Waals surface area contributed by atoms with E-state index in [1.54, 1.807) is 0 Å². The third-order valence-electron chi connectivity index (χ3n) is 9.49. The maximum atomic E-state index is 2.42. The first-order chi connectivity index (χ1) is 21.7. The predicted molar refractivity (Wildman–Crippen MR) is 194 cm³/mol. The number of fused-ring (bicyclic) bond motifs is 9. The zero-order chi connectivity index (χ0) is 29.2. The summed E-state index contributed by atoms with van der Waals surface area (Å²) in [5, 5.41) is 10.5. The molecule has 0 bridgehead atoms. The lowest BCUT2D eigenvalue weighted by atomic mass is 9.84. The Morgan fingerprint density at radius 3 is 1.86 bits per heavy atom. The molecule has 0 spiro atoms. The summed E-state index contributed by atoms with van der Waals surface area (Å²) in [6, 6.07) is 47.6. The highest BCUT2D eigenvalue weighted by atomic mass is 32.1. The maximum absolute atomic E-state index is 2.42. The van der Waals surface area contributed by atoms with E-state index in [1.807, 2.05) is 11.3 Å². The Morgan fingerprint density at radius 1 is 0.500 bits per heavy atom. The van der Waals surface area contributed by atoms with Gasteiger partial charge < -0.3 is 0 Å². The number of rotatable bonds is 3. The third-order valence-corrected chi connectivity index (χ3v) is 10.7. The van der Waals surface area contributed by atoms with E-state index in [4.69, 9.17) is 0 Å².